The fourth-order valence-corrected chi connectivity index (χ4v) is 2.73. The van der Waals surface area contributed by atoms with Crippen molar-refractivity contribution in [2.45, 2.75) is 33.1 Å². The normalized spacial score (nSPS) is 18.1. The summed E-state index contributed by atoms with van der Waals surface area (Å²) in [6.45, 7) is 7.15. The predicted octanol–water partition coefficient (Wildman–Crippen LogP) is 3.95. The lowest BCUT2D eigenvalue weighted by Gasteiger charge is -2.34. The van der Waals surface area contributed by atoms with E-state index in [-0.39, 0.29) is 0 Å². The second-order valence-corrected chi connectivity index (χ2v) is 5.40. The lowest BCUT2D eigenvalue weighted by atomic mass is 9.88. The van der Waals surface area contributed by atoms with E-state index in [0.717, 1.165) is 11.8 Å². The highest BCUT2D eigenvalue weighted by atomic mass is 15.1. The second-order valence-electron chi connectivity index (χ2n) is 5.40. The third-order valence-corrected chi connectivity index (χ3v) is 3.54. The number of rotatable bonds is 3. The van der Waals surface area contributed by atoms with Gasteiger partial charge in [0.2, 0.25) is 0 Å². The van der Waals surface area contributed by atoms with E-state index in [0.29, 0.717) is 0 Å². The van der Waals surface area contributed by atoms with E-state index in [1.54, 1.807) is 0 Å². The third kappa shape index (κ3) is 3.01. The molecule has 1 aliphatic heterocycles. The monoisotopic (exact) mass is 217 g/mol. The van der Waals surface area contributed by atoms with E-state index in [1.807, 2.05) is 0 Å². The molecule has 0 bridgehead atoms. The number of piperidine rings is 1. The zero-order valence-electron chi connectivity index (χ0n) is 10.5. The molecule has 0 saturated carbocycles. The van der Waals surface area contributed by atoms with Crippen LogP contribution in [0.15, 0.2) is 30.3 Å². The molecule has 16 heavy (non-hydrogen) atoms. The number of anilines is 1. The number of hydrogen-bond acceptors (Lipinski definition) is 1. The Morgan fingerprint density at radius 1 is 1.12 bits per heavy atom. The molecule has 1 heterocycles. The largest absolute Gasteiger partial charge is 0.372 e. The second kappa shape index (κ2) is 5.38. The molecule has 1 aromatic carbocycles. The van der Waals surface area contributed by atoms with Crippen LogP contribution in [-0.2, 0) is 0 Å². The Morgan fingerprint density at radius 2 is 1.75 bits per heavy atom. The van der Waals surface area contributed by atoms with Crippen LogP contribution < -0.4 is 4.90 Å². The molecule has 88 valence electrons. The Balaban J connectivity index is 1.86. The molecule has 1 aromatic rings. The van der Waals surface area contributed by atoms with E-state index in [2.05, 4.69) is 49.1 Å². The SMILES string of the molecule is CC(C)CC1CCN(c2ccccc2)CC1. The summed E-state index contributed by atoms with van der Waals surface area (Å²) in [6, 6.07) is 10.8. The Hall–Kier alpha value is -0.980. The summed E-state index contributed by atoms with van der Waals surface area (Å²) in [5.41, 5.74) is 1.39. The van der Waals surface area contributed by atoms with Gasteiger partial charge in [0, 0.05) is 18.8 Å². The van der Waals surface area contributed by atoms with Crippen molar-refractivity contribution in [3.05, 3.63) is 30.3 Å². The van der Waals surface area contributed by atoms with Crippen LogP contribution in [0.1, 0.15) is 33.1 Å². The molecule has 0 amide bonds. The Bertz CT molecular complexity index is 296. The molecule has 0 radical (unpaired) electrons. The van der Waals surface area contributed by atoms with Gasteiger partial charge in [0.05, 0.1) is 0 Å². The zero-order valence-corrected chi connectivity index (χ0v) is 10.5. The van der Waals surface area contributed by atoms with E-state index in [9.17, 15) is 0 Å². The molecule has 0 spiro atoms. The van der Waals surface area contributed by atoms with Crippen molar-refractivity contribution in [3.63, 3.8) is 0 Å². The van der Waals surface area contributed by atoms with Crippen LogP contribution in [0.25, 0.3) is 0 Å². The van der Waals surface area contributed by atoms with Gasteiger partial charge in [-0.05, 0) is 43.2 Å². The molecule has 1 nitrogen and oxygen atoms in total. The van der Waals surface area contributed by atoms with Crippen LogP contribution in [0.2, 0.25) is 0 Å². The van der Waals surface area contributed by atoms with Crippen LogP contribution in [0.5, 0.6) is 0 Å². The summed E-state index contributed by atoms with van der Waals surface area (Å²) in [5, 5.41) is 0. The minimum atomic E-state index is 0.855. The number of para-hydroxylation sites is 1. The van der Waals surface area contributed by atoms with Crippen molar-refractivity contribution >= 4 is 5.69 Å². The van der Waals surface area contributed by atoms with Crippen molar-refractivity contribution in [3.8, 4) is 0 Å². The number of nitrogens with zero attached hydrogens (tertiary/aromatic N) is 1. The summed E-state index contributed by atoms with van der Waals surface area (Å²) in [4.78, 5) is 2.52. The van der Waals surface area contributed by atoms with Gasteiger partial charge in [0.15, 0.2) is 0 Å². The van der Waals surface area contributed by atoms with E-state index < -0.39 is 0 Å². The number of benzene rings is 1. The van der Waals surface area contributed by atoms with Crippen LogP contribution in [0, 0.1) is 11.8 Å². The van der Waals surface area contributed by atoms with Crippen LogP contribution in [-0.4, -0.2) is 13.1 Å². The van der Waals surface area contributed by atoms with Gasteiger partial charge in [-0.15, -0.1) is 0 Å². The number of hydrogen-bond donors (Lipinski definition) is 0. The van der Waals surface area contributed by atoms with Crippen molar-refractivity contribution in [1.29, 1.82) is 0 Å². The molecule has 1 fully saturated rings. The summed E-state index contributed by atoms with van der Waals surface area (Å²) in [5.74, 6) is 1.81. The van der Waals surface area contributed by atoms with Crippen LogP contribution in [0.4, 0.5) is 5.69 Å². The van der Waals surface area contributed by atoms with Crippen molar-refractivity contribution < 1.29 is 0 Å². The fourth-order valence-electron chi connectivity index (χ4n) is 2.73. The minimum absolute atomic E-state index is 0.855. The van der Waals surface area contributed by atoms with Gasteiger partial charge in [0.1, 0.15) is 0 Å². The molecule has 0 N–H and O–H groups in total. The topological polar surface area (TPSA) is 3.24 Å². The quantitative estimate of drug-likeness (QED) is 0.741. The van der Waals surface area contributed by atoms with Gasteiger partial charge in [0.25, 0.3) is 0 Å². The lowest BCUT2D eigenvalue weighted by molar-refractivity contribution is 0.338. The third-order valence-electron chi connectivity index (χ3n) is 3.54. The minimum Gasteiger partial charge on any atom is -0.372 e. The van der Waals surface area contributed by atoms with Crippen molar-refractivity contribution in [2.24, 2.45) is 11.8 Å². The van der Waals surface area contributed by atoms with E-state index in [4.69, 9.17) is 0 Å². The van der Waals surface area contributed by atoms with Gasteiger partial charge in [-0.2, -0.15) is 0 Å². The highest BCUT2D eigenvalue weighted by Gasteiger charge is 2.19. The maximum absolute atomic E-state index is 2.52. The predicted molar refractivity (Wildman–Crippen MR) is 70.8 cm³/mol. The van der Waals surface area contributed by atoms with Gasteiger partial charge in [-0.3, -0.25) is 0 Å². The average Bonchev–Trinajstić information content (AvgIpc) is 2.30. The average molecular weight is 217 g/mol. The first-order chi connectivity index (χ1) is 7.75. The first-order valence-corrected chi connectivity index (χ1v) is 6.55. The maximum atomic E-state index is 2.52. The highest BCUT2D eigenvalue weighted by Crippen LogP contribution is 2.26. The van der Waals surface area contributed by atoms with Crippen molar-refractivity contribution in [1.82, 2.24) is 0 Å². The Morgan fingerprint density at radius 3 is 2.31 bits per heavy atom. The molecule has 1 saturated heterocycles. The molecular weight excluding hydrogens is 194 g/mol. The van der Waals surface area contributed by atoms with Gasteiger partial charge in [-0.25, -0.2) is 0 Å². The molecule has 2 rings (SSSR count). The zero-order chi connectivity index (χ0) is 11.4. The summed E-state index contributed by atoms with van der Waals surface area (Å²) < 4.78 is 0. The molecule has 0 atom stereocenters. The van der Waals surface area contributed by atoms with E-state index in [1.165, 1.54) is 38.0 Å². The standard InChI is InChI=1S/C15H23N/c1-13(2)12-14-8-10-16(11-9-14)15-6-4-3-5-7-15/h3-7,13-14H,8-12H2,1-2H3. The summed E-state index contributed by atoms with van der Waals surface area (Å²) in [7, 11) is 0. The smallest absolute Gasteiger partial charge is 0.0366 e. The van der Waals surface area contributed by atoms with Gasteiger partial charge in [-0.1, -0.05) is 32.0 Å². The maximum Gasteiger partial charge on any atom is 0.0366 e. The van der Waals surface area contributed by atoms with Gasteiger partial charge >= 0.3 is 0 Å². The highest BCUT2D eigenvalue weighted by molar-refractivity contribution is 5.46. The molecule has 0 aromatic heterocycles. The molecule has 1 heteroatoms. The molecule has 0 aliphatic carbocycles. The fraction of sp³-hybridized carbons (Fsp3) is 0.600. The first kappa shape index (κ1) is 11.5. The summed E-state index contributed by atoms with van der Waals surface area (Å²) in [6.07, 6.45) is 4.14. The van der Waals surface area contributed by atoms with Crippen molar-refractivity contribution in [2.75, 3.05) is 18.0 Å². The molecule has 1 aliphatic rings. The summed E-state index contributed by atoms with van der Waals surface area (Å²) >= 11 is 0. The van der Waals surface area contributed by atoms with Gasteiger partial charge < -0.3 is 4.90 Å². The molecular formula is C15H23N. The molecule has 0 unspecified atom stereocenters. The van der Waals surface area contributed by atoms with E-state index >= 15 is 0 Å². The Labute approximate surface area is 99.5 Å². The Kier molecular flexibility index (Phi) is 3.87. The lowest BCUT2D eigenvalue weighted by Crippen LogP contribution is -2.33. The van der Waals surface area contributed by atoms with Crippen LogP contribution >= 0.6 is 0 Å². The van der Waals surface area contributed by atoms with Crippen LogP contribution in [0.3, 0.4) is 0 Å². The first-order valence-electron chi connectivity index (χ1n) is 6.55.